The molecule has 0 bridgehead atoms. The van der Waals surface area contributed by atoms with E-state index in [2.05, 4.69) is 15.1 Å². The lowest BCUT2D eigenvalue weighted by Crippen LogP contribution is -2.08. The fraction of sp³-hybridized carbons (Fsp3) is 0.500. The third kappa shape index (κ3) is 3.30. The molecule has 0 unspecified atom stereocenters. The average Bonchev–Trinajstić information content (AvgIpc) is 2.95. The molecule has 0 aliphatic heterocycles. The van der Waals surface area contributed by atoms with Gasteiger partial charge in [0.15, 0.2) is 5.82 Å². The van der Waals surface area contributed by atoms with E-state index in [0.717, 1.165) is 16.8 Å². The van der Waals surface area contributed by atoms with Crippen molar-refractivity contribution in [1.29, 1.82) is 0 Å². The monoisotopic (exact) mass is 290 g/mol. The van der Waals surface area contributed by atoms with Gasteiger partial charge in [-0.3, -0.25) is 0 Å². The van der Waals surface area contributed by atoms with Gasteiger partial charge >= 0.3 is 0 Å². The van der Waals surface area contributed by atoms with Crippen LogP contribution in [0, 0.1) is 0 Å². The molecule has 1 saturated carbocycles. The Morgan fingerprint density at radius 3 is 2.85 bits per heavy atom. The highest BCUT2D eigenvalue weighted by atomic mass is 32.2. The number of thioether (sulfide) groups is 1. The van der Waals surface area contributed by atoms with Crippen LogP contribution < -0.4 is 5.73 Å². The van der Waals surface area contributed by atoms with Crippen molar-refractivity contribution in [2.45, 2.75) is 43.1 Å². The normalized spacial score (nSPS) is 16.4. The van der Waals surface area contributed by atoms with E-state index in [0.29, 0.717) is 17.4 Å². The van der Waals surface area contributed by atoms with Crippen molar-refractivity contribution >= 4 is 17.6 Å². The minimum absolute atomic E-state index is 0.441. The van der Waals surface area contributed by atoms with Crippen LogP contribution in [0.1, 0.15) is 37.9 Å². The van der Waals surface area contributed by atoms with E-state index in [9.17, 15) is 0 Å². The molecule has 2 aromatic heterocycles. The lowest BCUT2D eigenvalue weighted by Gasteiger charge is -2.19. The molecule has 0 aromatic carbocycles. The molecule has 1 aliphatic carbocycles. The second kappa shape index (κ2) is 6.26. The van der Waals surface area contributed by atoms with E-state index in [1.165, 1.54) is 32.1 Å². The van der Waals surface area contributed by atoms with Crippen LogP contribution in [0.5, 0.6) is 0 Å². The van der Waals surface area contributed by atoms with Gasteiger partial charge < -0.3 is 10.3 Å². The number of nitrogens with two attached hydrogens (primary N) is 1. The highest BCUT2D eigenvalue weighted by molar-refractivity contribution is 7.99. The first-order valence-corrected chi connectivity index (χ1v) is 8.03. The standard InChI is InChI=1S/C14H18N4OS/c15-12-8-4-7-11(16-12)14-17-13(18-19-14)9-20-10-5-2-1-3-6-10/h4,7-8,10H,1-3,5-6,9H2,(H2,15,16). The molecule has 0 spiro atoms. The second-order valence-corrected chi connectivity index (χ2v) is 6.32. The molecule has 1 aliphatic rings. The van der Waals surface area contributed by atoms with Crippen LogP contribution in [0.15, 0.2) is 22.7 Å². The number of anilines is 1. The zero-order valence-electron chi connectivity index (χ0n) is 11.3. The molecule has 6 heteroatoms. The summed E-state index contributed by atoms with van der Waals surface area (Å²) in [6.45, 7) is 0. The number of hydrogen-bond donors (Lipinski definition) is 1. The molecule has 0 radical (unpaired) electrons. The first-order chi connectivity index (χ1) is 9.81. The van der Waals surface area contributed by atoms with E-state index in [1.54, 1.807) is 6.07 Å². The van der Waals surface area contributed by atoms with Gasteiger partial charge in [-0.05, 0) is 25.0 Å². The summed E-state index contributed by atoms with van der Waals surface area (Å²) >= 11 is 1.93. The maximum atomic E-state index is 5.65. The SMILES string of the molecule is Nc1cccc(-c2nc(CSC3CCCCC3)no2)n1. The van der Waals surface area contributed by atoms with Crippen LogP contribution in [-0.2, 0) is 5.75 Å². The molecule has 1 fully saturated rings. The molecule has 0 atom stereocenters. The molecule has 20 heavy (non-hydrogen) atoms. The van der Waals surface area contributed by atoms with Crippen LogP contribution in [-0.4, -0.2) is 20.4 Å². The second-order valence-electron chi connectivity index (χ2n) is 5.03. The third-order valence-corrected chi connectivity index (χ3v) is 4.83. The summed E-state index contributed by atoms with van der Waals surface area (Å²) in [5.74, 6) is 2.44. The fourth-order valence-electron chi connectivity index (χ4n) is 2.41. The summed E-state index contributed by atoms with van der Waals surface area (Å²) in [5, 5.41) is 4.77. The lowest BCUT2D eigenvalue weighted by molar-refractivity contribution is 0.424. The van der Waals surface area contributed by atoms with E-state index in [4.69, 9.17) is 10.3 Å². The van der Waals surface area contributed by atoms with Crippen LogP contribution in [0.3, 0.4) is 0 Å². The minimum Gasteiger partial charge on any atom is -0.384 e. The Labute approximate surface area is 122 Å². The first-order valence-electron chi connectivity index (χ1n) is 6.98. The molecule has 106 valence electrons. The third-order valence-electron chi connectivity index (χ3n) is 3.46. The van der Waals surface area contributed by atoms with Gasteiger partial charge in [0.05, 0.1) is 5.75 Å². The first kappa shape index (κ1) is 13.4. The van der Waals surface area contributed by atoms with Crippen LogP contribution in [0.4, 0.5) is 5.82 Å². The van der Waals surface area contributed by atoms with Crippen molar-refractivity contribution in [3.63, 3.8) is 0 Å². The van der Waals surface area contributed by atoms with Gasteiger partial charge in [-0.1, -0.05) is 30.5 Å². The van der Waals surface area contributed by atoms with Crippen molar-refractivity contribution in [2.24, 2.45) is 0 Å². The van der Waals surface area contributed by atoms with E-state index < -0.39 is 0 Å². The van der Waals surface area contributed by atoms with Gasteiger partial charge in [-0.2, -0.15) is 16.7 Å². The number of nitrogens with zero attached hydrogens (tertiary/aromatic N) is 3. The summed E-state index contributed by atoms with van der Waals surface area (Å²) in [6, 6.07) is 5.39. The number of hydrogen-bond acceptors (Lipinski definition) is 6. The Hall–Kier alpha value is -1.56. The van der Waals surface area contributed by atoms with Gasteiger partial charge in [-0.15, -0.1) is 0 Å². The van der Waals surface area contributed by atoms with Gasteiger partial charge in [0.1, 0.15) is 11.5 Å². The molecular weight excluding hydrogens is 272 g/mol. The van der Waals surface area contributed by atoms with Crippen LogP contribution in [0.25, 0.3) is 11.6 Å². The topological polar surface area (TPSA) is 77.8 Å². The average molecular weight is 290 g/mol. The van der Waals surface area contributed by atoms with Crippen molar-refractivity contribution in [2.75, 3.05) is 5.73 Å². The molecule has 0 amide bonds. The summed E-state index contributed by atoms with van der Waals surface area (Å²) < 4.78 is 5.25. The van der Waals surface area contributed by atoms with Gasteiger partial charge in [0.2, 0.25) is 0 Å². The fourth-order valence-corrected chi connectivity index (χ4v) is 3.58. The number of nitrogen functional groups attached to an aromatic ring is 1. The van der Waals surface area contributed by atoms with Crippen molar-refractivity contribution in [1.82, 2.24) is 15.1 Å². The van der Waals surface area contributed by atoms with E-state index in [-0.39, 0.29) is 0 Å². The van der Waals surface area contributed by atoms with Crippen molar-refractivity contribution in [3.05, 3.63) is 24.0 Å². The predicted molar refractivity (Wildman–Crippen MR) is 80.1 cm³/mol. The van der Waals surface area contributed by atoms with Gasteiger partial charge in [0, 0.05) is 5.25 Å². The number of aromatic nitrogens is 3. The Balaban J connectivity index is 1.61. The smallest absolute Gasteiger partial charge is 0.276 e. The molecule has 2 aromatic rings. The van der Waals surface area contributed by atoms with Gasteiger partial charge in [0.25, 0.3) is 5.89 Å². The Morgan fingerprint density at radius 1 is 1.20 bits per heavy atom. The highest BCUT2D eigenvalue weighted by Crippen LogP contribution is 2.30. The lowest BCUT2D eigenvalue weighted by atomic mass is 10.0. The summed E-state index contributed by atoms with van der Waals surface area (Å²) in [6.07, 6.45) is 6.70. The zero-order valence-corrected chi connectivity index (χ0v) is 12.1. The highest BCUT2D eigenvalue weighted by Gasteiger charge is 2.16. The summed E-state index contributed by atoms with van der Waals surface area (Å²) in [4.78, 5) is 8.57. The van der Waals surface area contributed by atoms with E-state index in [1.807, 2.05) is 23.9 Å². The molecule has 3 rings (SSSR count). The Morgan fingerprint density at radius 2 is 2.05 bits per heavy atom. The number of pyridine rings is 1. The quantitative estimate of drug-likeness (QED) is 0.931. The van der Waals surface area contributed by atoms with Gasteiger partial charge in [-0.25, -0.2) is 4.98 Å². The Bertz CT molecular complexity index is 566. The minimum atomic E-state index is 0.441. The Kier molecular flexibility index (Phi) is 4.20. The largest absolute Gasteiger partial charge is 0.384 e. The molecule has 2 N–H and O–H groups in total. The molecule has 2 heterocycles. The maximum absolute atomic E-state index is 5.65. The zero-order chi connectivity index (χ0) is 13.8. The van der Waals surface area contributed by atoms with Crippen LogP contribution in [0.2, 0.25) is 0 Å². The van der Waals surface area contributed by atoms with Crippen LogP contribution >= 0.6 is 11.8 Å². The molecule has 5 nitrogen and oxygen atoms in total. The number of rotatable bonds is 4. The maximum Gasteiger partial charge on any atom is 0.276 e. The summed E-state index contributed by atoms with van der Waals surface area (Å²) in [7, 11) is 0. The molecule has 0 saturated heterocycles. The van der Waals surface area contributed by atoms with Crippen molar-refractivity contribution < 1.29 is 4.52 Å². The summed E-state index contributed by atoms with van der Waals surface area (Å²) in [5.41, 5.74) is 6.28. The molecular formula is C14H18N4OS. The van der Waals surface area contributed by atoms with Crippen molar-refractivity contribution in [3.8, 4) is 11.6 Å². The predicted octanol–water partition coefficient (Wildman–Crippen LogP) is 3.28. The van der Waals surface area contributed by atoms with E-state index >= 15 is 0 Å².